The fourth-order valence-corrected chi connectivity index (χ4v) is 3.75. The van der Waals surface area contributed by atoms with E-state index in [0.717, 1.165) is 29.8 Å². The predicted octanol–water partition coefficient (Wildman–Crippen LogP) is 4.34. The minimum absolute atomic E-state index is 0.196. The van der Waals surface area contributed by atoms with Gasteiger partial charge in [-0.1, -0.05) is 90.1 Å². The Balaban J connectivity index is 1.56. The van der Waals surface area contributed by atoms with Gasteiger partial charge in [0.1, 0.15) is 5.69 Å². The first-order chi connectivity index (χ1) is 16.1. The Morgan fingerprint density at radius 1 is 0.848 bits per heavy atom. The molecule has 0 aliphatic heterocycles. The van der Waals surface area contributed by atoms with Crippen LogP contribution in [0.2, 0.25) is 0 Å². The molecule has 1 amide bonds. The van der Waals surface area contributed by atoms with E-state index in [1.165, 1.54) is 11.1 Å². The van der Waals surface area contributed by atoms with E-state index in [0.29, 0.717) is 18.8 Å². The second-order valence-corrected chi connectivity index (χ2v) is 8.29. The molecular formula is C27H29N5O. The number of hydrogen-bond acceptors (Lipinski definition) is 4. The highest BCUT2D eigenvalue weighted by molar-refractivity contribution is 5.98. The van der Waals surface area contributed by atoms with Crippen molar-refractivity contribution in [3.63, 3.8) is 0 Å². The van der Waals surface area contributed by atoms with Crippen molar-refractivity contribution in [3.8, 4) is 22.4 Å². The number of benzene rings is 3. The van der Waals surface area contributed by atoms with Crippen molar-refractivity contribution in [2.45, 2.75) is 13.0 Å². The molecule has 1 heterocycles. The van der Waals surface area contributed by atoms with Gasteiger partial charge in [0.2, 0.25) is 0 Å². The number of nitrogens with zero attached hydrogens (tertiary/aromatic N) is 4. The highest BCUT2D eigenvalue weighted by Gasteiger charge is 2.21. The van der Waals surface area contributed by atoms with Crippen LogP contribution >= 0.6 is 0 Å². The van der Waals surface area contributed by atoms with E-state index in [-0.39, 0.29) is 5.91 Å². The molecule has 6 nitrogen and oxygen atoms in total. The zero-order valence-electron chi connectivity index (χ0n) is 19.1. The smallest absolute Gasteiger partial charge is 0.274 e. The third-order valence-corrected chi connectivity index (χ3v) is 5.46. The van der Waals surface area contributed by atoms with Crippen LogP contribution in [0.4, 0.5) is 0 Å². The van der Waals surface area contributed by atoms with Crippen LogP contribution in [0.15, 0.2) is 84.9 Å². The van der Waals surface area contributed by atoms with Gasteiger partial charge < -0.3 is 10.2 Å². The van der Waals surface area contributed by atoms with Crippen molar-refractivity contribution in [2.75, 3.05) is 27.2 Å². The van der Waals surface area contributed by atoms with Gasteiger partial charge in [0, 0.05) is 12.1 Å². The van der Waals surface area contributed by atoms with Crippen LogP contribution in [0.3, 0.4) is 0 Å². The molecule has 33 heavy (non-hydrogen) atoms. The van der Waals surface area contributed by atoms with Gasteiger partial charge in [-0.25, -0.2) is 4.68 Å². The van der Waals surface area contributed by atoms with Gasteiger partial charge in [-0.3, -0.25) is 4.79 Å². The quantitative estimate of drug-likeness (QED) is 0.394. The molecule has 0 unspecified atom stereocenters. The van der Waals surface area contributed by atoms with Gasteiger partial charge in [0.25, 0.3) is 5.91 Å². The molecule has 6 heteroatoms. The highest BCUT2D eigenvalue weighted by atomic mass is 16.2. The molecule has 4 aromatic rings. The molecule has 1 N–H and O–H groups in total. The van der Waals surface area contributed by atoms with Crippen LogP contribution in [0, 0.1) is 0 Å². The van der Waals surface area contributed by atoms with Gasteiger partial charge in [0.15, 0.2) is 5.69 Å². The van der Waals surface area contributed by atoms with Crippen LogP contribution in [-0.2, 0) is 6.54 Å². The summed E-state index contributed by atoms with van der Waals surface area (Å²) in [5, 5.41) is 11.6. The highest BCUT2D eigenvalue weighted by Crippen LogP contribution is 2.24. The lowest BCUT2D eigenvalue weighted by molar-refractivity contribution is 0.0948. The fourth-order valence-electron chi connectivity index (χ4n) is 3.75. The number of aromatic nitrogens is 3. The van der Waals surface area contributed by atoms with Crippen LogP contribution in [0.5, 0.6) is 0 Å². The van der Waals surface area contributed by atoms with Gasteiger partial charge in [-0.05, 0) is 43.8 Å². The van der Waals surface area contributed by atoms with Crippen molar-refractivity contribution in [3.05, 3.63) is 96.2 Å². The van der Waals surface area contributed by atoms with E-state index in [1.807, 2.05) is 67.3 Å². The van der Waals surface area contributed by atoms with Gasteiger partial charge in [-0.2, -0.15) is 0 Å². The molecule has 0 spiro atoms. The lowest BCUT2D eigenvalue weighted by Crippen LogP contribution is -2.28. The zero-order chi connectivity index (χ0) is 23.0. The van der Waals surface area contributed by atoms with Crippen LogP contribution in [-0.4, -0.2) is 53.0 Å². The summed E-state index contributed by atoms with van der Waals surface area (Å²) in [5.41, 5.74) is 5.44. The summed E-state index contributed by atoms with van der Waals surface area (Å²) in [6, 6.07) is 28.6. The average Bonchev–Trinajstić information content (AvgIpc) is 3.27. The van der Waals surface area contributed by atoms with E-state index < -0.39 is 0 Å². The predicted molar refractivity (Wildman–Crippen MR) is 132 cm³/mol. The van der Waals surface area contributed by atoms with Gasteiger partial charge in [-0.15, -0.1) is 5.10 Å². The molecule has 1 aromatic heterocycles. The number of rotatable bonds is 9. The Morgan fingerprint density at radius 2 is 1.45 bits per heavy atom. The first-order valence-corrected chi connectivity index (χ1v) is 11.2. The first-order valence-electron chi connectivity index (χ1n) is 11.2. The standard InChI is InChI=1S/C27H29N5O/c1-31(2)19-9-18-28-27(33)25-26(24-12-7-4-8-13-24)32(30-29-25)20-21-14-16-23(17-15-21)22-10-5-3-6-11-22/h3-8,10-17H,9,18-20H2,1-2H3,(H,28,33). The maximum Gasteiger partial charge on any atom is 0.274 e. The lowest BCUT2D eigenvalue weighted by atomic mass is 10.0. The molecule has 0 bridgehead atoms. The topological polar surface area (TPSA) is 63.1 Å². The molecule has 0 fully saturated rings. The third-order valence-electron chi connectivity index (χ3n) is 5.46. The third kappa shape index (κ3) is 5.73. The summed E-state index contributed by atoms with van der Waals surface area (Å²) in [5.74, 6) is -0.196. The molecule has 0 radical (unpaired) electrons. The zero-order valence-corrected chi connectivity index (χ0v) is 19.1. The minimum Gasteiger partial charge on any atom is -0.351 e. The maximum atomic E-state index is 12.9. The SMILES string of the molecule is CN(C)CCCNC(=O)c1nnn(Cc2ccc(-c3ccccc3)cc2)c1-c1ccccc1. The van der Waals surface area contributed by atoms with E-state index in [4.69, 9.17) is 0 Å². The molecule has 0 aliphatic carbocycles. The Bertz CT molecular complexity index is 1170. The molecule has 0 atom stereocenters. The van der Waals surface area contributed by atoms with Gasteiger partial charge >= 0.3 is 0 Å². The van der Waals surface area contributed by atoms with Crippen molar-refractivity contribution in [2.24, 2.45) is 0 Å². The summed E-state index contributed by atoms with van der Waals surface area (Å²) in [4.78, 5) is 15.0. The molecule has 0 saturated carbocycles. The normalized spacial score (nSPS) is 11.0. The van der Waals surface area contributed by atoms with Crippen LogP contribution in [0.25, 0.3) is 22.4 Å². The summed E-state index contributed by atoms with van der Waals surface area (Å²) >= 11 is 0. The molecule has 4 rings (SSSR count). The Labute approximate surface area is 194 Å². The Hall–Kier alpha value is -3.77. The first kappa shape index (κ1) is 22.4. The summed E-state index contributed by atoms with van der Waals surface area (Å²) < 4.78 is 1.81. The molecular weight excluding hydrogens is 410 g/mol. The van der Waals surface area contributed by atoms with E-state index in [1.54, 1.807) is 0 Å². The monoisotopic (exact) mass is 439 g/mol. The summed E-state index contributed by atoms with van der Waals surface area (Å²) in [7, 11) is 4.04. The molecule has 168 valence electrons. The van der Waals surface area contributed by atoms with Crippen molar-refractivity contribution in [1.82, 2.24) is 25.2 Å². The summed E-state index contributed by atoms with van der Waals surface area (Å²) in [6.07, 6.45) is 0.876. The largest absolute Gasteiger partial charge is 0.351 e. The average molecular weight is 440 g/mol. The van der Waals surface area contributed by atoms with Crippen molar-refractivity contribution < 1.29 is 4.79 Å². The molecule has 0 saturated heterocycles. The van der Waals surface area contributed by atoms with Crippen molar-refractivity contribution >= 4 is 5.91 Å². The molecule has 0 aliphatic rings. The maximum absolute atomic E-state index is 12.9. The van der Waals surface area contributed by atoms with E-state index in [9.17, 15) is 4.79 Å². The van der Waals surface area contributed by atoms with Gasteiger partial charge in [0.05, 0.1) is 6.54 Å². The Kier molecular flexibility index (Phi) is 7.27. The van der Waals surface area contributed by atoms with Crippen molar-refractivity contribution in [1.29, 1.82) is 0 Å². The second kappa shape index (κ2) is 10.7. The number of hydrogen-bond donors (Lipinski definition) is 1. The number of nitrogens with one attached hydrogen (secondary N) is 1. The number of carbonyl (C=O) groups excluding carboxylic acids is 1. The Morgan fingerprint density at radius 3 is 2.09 bits per heavy atom. The molecule has 3 aromatic carbocycles. The van der Waals surface area contributed by atoms with E-state index in [2.05, 4.69) is 56.9 Å². The van der Waals surface area contributed by atoms with Crippen LogP contribution < -0.4 is 5.32 Å². The van der Waals surface area contributed by atoms with E-state index >= 15 is 0 Å². The number of amides is 1. The fraction of sp³-hybridized carbons (Fsp3) is 0.222. The van der Waals surface area contributed by atoms with Crippen LogP contribution in [0.1, 0.15) is 22.5 Å². The second-order valence-electron chi connectivity index (χ2n) is 8.29. The summed E-state index contributed by atoms with van der Waals surface area (Å²) in [6.45, 7) is 2.04. The minimum atomic E-state index is -0.196. The number of carbonyl (C=O) groups is 1. The lowest BCUT2D eigenvalue weighted by Gasteiger charge is -2.11.